The van der Waals surface area contributed by atoms with E-state index in [1.807, 2.05) is 0 Å². The number of carbonyl (C=O) groups is 1. The number of nitrogens with two attached hydrogens (primary N) is 1. The van der Waals surface area contributed by atoms with Crippen molar-refractivity contribution in [3.05, 3.63) is 47.7 Å². The fourth-order valence-corrected chi connectivity index (χ4v) is 2.02. The van der Waals surface area contributed by atoms with Crippen LogP contribution in [0.25, 0.3) is 11.3 Å². The van der Waals surface area contributed by atoms with Crippen molar-refractivity contribution in [2.45, 2.75) is 6.18 Å². The molecule has 0 aliphatic carbocycles. The van der Waals surface area contributed by atoms with Gasteiger partial charge in [-0.3, -0.25) is 14.6 Å². The standard InChI is InChI=1S/C15H14F3N3O2/c1-21(23-2)14(22)10-6-5-9(8-12(10)19)13-11(15(16,17)18)4-3-7-20-13/h3-8H,19H2,1-2H3. The van der Waals surface area contributed by atoms with Crippen molar-refractivity contribution in [1.82, 2.24) is 10.0 Å². The predicted molar refractivity (Wildman–Crippen MR) is 78.2 cm³/mol. The van der Waals surface area contributed by atoms with Crippen molar-refractivity contribution in [3.8, 4) is 11.3 Å². The van der Waals surface area contributed by atoms with Crippen LogP contribution in [-0.2, 0) is 11.0 Å². The van der Waals surface area contributed by atoms with Crippen LogP contribution in [0.15, 0.2) is 36.5 Å². The second-order valence-corrected chi connectivity index (χ2v) is 4.68. The van der Waals surface area contributed by atoms with Crippen LogP contribution in [0.1, 0.15) is 15.9 Å². The summed E-state index contributed by atoms with van der Waals surface area (Å²) in [5.41, 5.74) is 5.02. The molecule has 5 nitrogen and oxygen atoms in total. The minimum absolute atomic E-state index is 0.0372. The summed E-state index contributed by atoms with van der Waals surface area (Å²) in [6, 6.07) is 6.15. The molecule has 0 bridgehead atoms. The lowest BCUT2D eigenvalue weighted by molar-refractivity contribution is -0.137. The van der Waals surface area contributed by atoms with E-state index in [-0.39, 0.29) is 22.5 Å². The van der Waals surface area contributed by atoms with Crippen LogP contribution in [0.5, 0.6) is 0 Å². The predicted octanol–water partition coefficient (Wildman–Crippen LogP) is 2.98. The summed E-state index contributed by atoms with van der Waals surface area (Å²) < 4.78 is 39.1. The summed E-state index contributed by atoms with van der Waals surface area (Å²) in [7, 11) is 2.71. The van der Waals surface area contributed by atoms with Crippen LogP contribution in [0.3, 0.4) is 0 Å². The molecule has 122 valence electrons. The second-order valence-electron chi connectivity index (χ2n) is 4.68. The Morgan fingerprint density at radius 1 is 1.30 bits per heavy atom. The number of alkyl halides is 3. The number of anilines is 1. The van der Waals surface area contributed by atoms with Crippen molar-refractivity contribution in [2.24, 2.45) is 0 Å². The normalized spacial score (nSPS) is 11.3. The van der Waals surface area contributed by atoms with E-state index in [9.17, 15) is 18.0 Å². The molecule has 0 unspecified atom stereocenters. The molecule has 2 rings (SSSR count). The van der Waals surface area contributed by atoms with Crippen molar-refractivity contribution < 1.29 is 22.8 Å². The zero-order valence-electron chi connectivity index (χ0n) is 12.4. The maximum Gasteiger partial charge on any atom is 0.418 e. The van der Waals surface area contributed by atoms with Gasteiger partial charge in [0.2, 0.25) is 0 Å². The zero-order valence-corrected chi connectivity index (χ0v) is 12.4. The van der Waals surface area contributed by atoms with Gasteiger partial charge in [0.25, 0.3) is 5.91 Å². The van der Waals surface area contributed by atoms with Gasteiger partial charge in [0.1, 0.15) is 0 Å². The highest BCUT2D eigenvalue weighted by Gasteiger charge is 2.34. The van der Waals surface area contributed by atoms with Gasteiger partial charge >= 0.3 is 6.18 Å². The Hall–Kier alpha value is -2.61. The van der Waals surface area contributed by atoms with Crippen molar-refractivity contribution in [2.75, 3.05) is 19.9 Å². The highest BCUT2D eigenvalue weighted by atomic mass is 19.4. The number of aromatic nitrogens is 1. The van der Waals surface area contributed by atoms with E-state index in [2.05, 4.69) is 4.98 Å². The molecule has 2 aromatic rings. The molecule has 1 aromatic heterocycles. The first-order valence-corrected chi connectivity index (χ1v) is 6.50. The lowest BCUT2D eigenvalue weighted by Crippen LogP contribution is -2.26. The summed E-state index contributed by atoms with van der Waals surface area (Å²) in [4.78, 5) is 20.5. The topological polar surface area (TPSA) is 68.5 Å². The Bertz CT molecular complexity index is 732. The number of nitrogens with zero attached hydrogens (tertiary/aromatic N) is 2. The average molecular weight is 325 g/mol. The van der Waals surface area contributed by atoms with E-state index in [1.165, 1.54) is 44.6 Å². The first-order chi connectivity index (χ1) is 10.8. The quantitative estimate of drug-likeness (QED) is 0.696. The van der Waals surface area contributed by atoms with Gasteiger partial charge in [0.05, 0.1) is 23.9 Å². The number of nitrogen functional groups attached to an aromatic ring is 1. The largest absolute Gasteiger partial charge is 0.418 e. The lowest BCUT2D eigenvalue weighted by Gasteiger charge is -2.16. The summed E-state index contributed by atoms with van der Waals surface area (Å²) in [6.07, 6.45) is -3.28. The highest BCUT2D eigenvalue weighted by molar-refractivity contribution is 5.99. The molecule has 0 fully saturated rings. The van der Waals surface area contributed by atoms with Crippen molar-refractivity contribution in [3.63, 3.8) is 0 Å². The monoisotopic (exact) mass is 325 g/mol. The minimum atomic E-state index is -4.54. The van der Waals surface area contributed by atoms with Crippen molar-refractivity contribution >= 4 is 11.6 Å². The summed E-state index contributed by atoms with van der Waals surface area (Å²) in [5.74, 6) is -0.506. The van der Waals surface area contributed by atoms with Gasteiger partial charge in [-0.1, -0.05) is 6.07 Å². The number of hydroxylamine groups is 2. The maximum atomic E-state index is 13.0. The molecule has 1 aromatic carbocycles. The molecule has 2 N–H and O–H groups in total. The second kappa shape index (κ2) is 6.25. The van der Waals surface area contributed by atoms with E-state index in [1.54, 1.807) is 0 Å². The average Bonchev–Trinajstić information content (AvgIpc) is 2.52. The van der Waals surface area contributed by atoms with Crippen molar-refractivity contribution in [1.29, 1.82) is 0 Å². The van der Waals surface area contributed by atoms with Crippen LogP contribution in [0.2, 0.25) is 0 Å². The molecule has 8 heteroatoms. The van der Waals surface area contributed by atoms with Gasteiger partial charge < -0.3 is 5.73 Å². The molecule has 0 radical (unpaired) electrons. The number of hydrogen-bond acceptors (Lipinski definition) is 4. The Morgan fingerprint density at radius 2 is 2.00 bits per heavy atom. The Balaban J connectivity index is 2.49. The molecule has 0 saturated carbocycles. The first-order valence-electron chi connectivity index (χ1n) is 6.50. The van der Waals surface area contributed by atoms with E-state index in [4.69, 9.17) is 10.6 Å². The van der Waals surface area contributed by atoms with Gasteiger partial charge in [-0.25, -0.2) is 5.06 Å². The molecule has 0 saturated heterocycles. The molecule has 1 amide bonds. The Labute approximate surface area is 130 Å². The number of pyridine rings is 1. The summed E-state index contributed by atoms with van der Waals surface area (Å²) in [6.45, 7) is 0. The van der Waals surface area contributed by atoms with E-state index >= 15 is 0 Å². The molecule has 0 spiro atoms. The lowest BCUT2D eigenvalue weighted by atomic mass is 10.0. The Morgan fingerprint density at radius 3 is 2.57 bits per heavy atom. The SMILES string of the molecule is CON(C)C(=O)c1ccc(-c2ncccc2C(F)(F)F)cc1N. The van der Waals surface area contributed by atoms with E-state index < -0.39 is 17.6 Å². The summed E-state index contributed by atoms with van der Waals surface area (Å²) >= 11 is 0. The molecule has 1 heterocycles. The molecular weight excluding hydrogens is 311 g/mol. The zero-order chi connectivity index (χ0) is 17.2. The van der Waals surface area contributed by atoms with E-state index in [0.29, 0.717) is 0 Å². The smallest absolute Gasteiger partial charge is 0.398 e. The number of halogens is 3. The van der Waals surface area contributed by atoms with E-state index in [0.717, 1.165) is 11.1 Å². The molecular formula is C15H14F3N3O2. The molecule has 0 atom stereocenters. The molecule has 0 aliphatic heterocycles. The third kappa shape index (κ3) is 3.42. The van der Waals surface area contributed by atoms with Crippen LogP contribution in [-0.4, -0.2) is 30.1 Å². The van der Waals surface area contributed by atoms with Crippen LogP contribution in [0.4, 0.5) is 18.9 Å². The van der Waals surface area contributed by atoms with Crippen LogP contribution in [0, 0.1) is 0 Å². The maximum absolute atomic E-state index is 13.0. The number of rotatable bonds is 3. The minimum Gasteiger partial charge on any atom is -0.398 e. The fraction of sp³-hybridized carbons (Fsp3) is 0.200. The van der Waals surface area contributed by atoms with Gasteiger partial charge in [-0.15, -0.1) is 0 Å². The molecule has 0 aliphatic rings. The number of amides is 1. The van der Waals surface area contributed by atoms with Gasteiger partial charge in [0.15, 0.2) is 0 Å². The third-order valence-electron chi connectivity index (χ3n) is 3.23. The van der Waals surface area contributed by atoms with Gasteiger partial charge in [0, 0.05) is 24.5 Å². The van der Waals surface area contributed by atoms with Gasteiger partial charge in [-0.2, -0.15) is 13.2 Å². The first kappa shape index (κ1) is 16.8. The number of carbonyl (C=O) groups excluding carboxylic acids is 1. The Kier molecular flexibility index (Phi) is 4.55. The highest BCUT2D eigenvalue weighted by Crippen LogP contribution is 2.36. The van der Waals surface area contributed by atoms with Crippen LogP contribution >= 0.6 is 0 Å². The number of benzene rings is 1. The third-order valence-corrected chi connectivity index (χ3v) is 3.23. The van der Waals surface area contributed by atoms with Gasteiger partial charge in [-0.05, 0) is 24.3 Å². The number of hydrogen-bond donors (Lipinski definition) is 1. The van der Waals surface area contributed by atoms with Crippen LogP contribution < -0.4 is 5.73 Å². The summed E-state index contributed by atoms with van der Waals surface area (Å²) in [5, 5.41) is 0.966. The fourth-order valence-electron chi connectivity index (χ4n) is 2.02. The molecule has 23 heavy (non-hydrogen) atoms.